The fourth-order valence-electron chi connectivity index (χ4n) is 1.58. The third-order valence-electron chi connectivity index (χ3n) is 2.19. The van der Waals surface area contributed by atoms with Crippen molar-refractivity contribution >= 4 is 11.8 Å². The molecule has 1 aromatic rings. The van der Waals surface area contributed by atoms with Gasteiger partial charge in [-0.2, -0.15) is 0 Å². The molecule has 0 fully saturated rings. The van der Waals surface area contributed by atoms with E-state index in [0.29, 0.717) is 6.54 Å². The van der Waals surface area contributed by atoms with Crippen molar-refractivity contribution in [2.75, 3.05) is 13.1 Å². The molecule has 3 N–H and O–H groups in total. The molecule has 0 unspecified atom stereocenters. The van der Waals surface area contributed by atoms with Crippen LogP contribution in [0, 0.1) is 5.92 Å². The van der Waals surface area contributed by atoms with Gasteiger partial charge in [0.1, 0.15) is 5.75 Å². The third-order valence-corrected chi connectivity index (χ3v) is 2.19. The summed E-state index contributed by atoms with van der Waals surface area (Å²) in [6.07, 6.45) is 2.58. The van der Waals surface area contributed by atoms with Gasteiger partial charge in [-0.25, -0.2) is 0 Å². The number of pyridine rings is 1. The Morgan fingerprint density at radius 1 is 1.44 bits per heavy atom. The van der Waals surface area contributed by atoms with Crippen molar-refractivity contribution in [3.63, 3.8) is 0 Å². The summed E-state index contributed by atoms with van der Waals surface area (Å²) < 4.78 is 0. The van der Waals surface area contributed by atoms with Crippen LogP contribution in [0.25, 0.3) is 0 Å². The highest BCUT2D eigenvalue weighted by molar-refractivity contribution is 5.96. The minimum absolute atomic E-state index is 0.0931. The van der Waals surface area contributed by atoms with Crippen LogP contribution in [0.1, 0.15) is 24.2 Å². The van der Waals surface area contributed by atoms with E-state index in [2.05, 4.69) is 4.98 Å². The Morgan fingerprint density at radius 3 is 2.61 bits per heavy atom. The maximum atomic E-state index is 12.1. The molecule has 2 amide bonds. The van der Waals surface area contributed by atoms with E-state index in [4.69, 9.17) is 5.73 Å². The maximum absolute atomic E-state index is 12.1. The average Bonchev–Trinajstić information content (AvgIpc) is 2.26. The Morgan fingerprint density at radius 2 is 2.11 bits per heavy atom. The third kappa shape index (κ3) is 4.04. The van der Waals surface area contributed by atoms with E-state index < -0.39 is 5.91 Å². The largest absolute Gasteiger partial charge is 0.506 e. The molecule has 0 aliphatic carbocycles. The van der Waals surface area contributed by atoms with Gasteiger partial charge in [0.25, 0.3) is 5.91 Å². The minimum Gasteiger partial charge on any atom is -0.506 e. The van der Waals surface area contributed by atoms with Crippen LogP contribution in [-0.2, 0) is 4.79 Å². The van der Waals surface area contributed by atoms with Crippen LogP contribution < -0.4 is 5.73 Å². The molecule has 6 nitrogen and oxygen atoms in total. The highest BCUT2D eigenvalue weighted by Crippen LogP contribution is 2.12. The highest BCUT2D eigenvalue weighted by atomic mass is 16.3. The quantitative estimate of drug-likeness (QED) is 0.790. The number of carbonyl (C=O) groups excluding carboxylic acids is 2. The lowest BCUT2D eigenvalue weighted by Gasteiger charge is -2.23. The fourth-order valence-corrected chi connectivity index (χ4v) is 1.58. The molecule has 1 heterocycles. The van der Waals surface area contributed by atoms with Crippen LogP contribution >= 0.6 is 0 Å². The van der Waals surface area contributed by atoms with E-state index in [1.54, 1.807) is 0 Å². The van der Waals surface area contributed by atoms with Gasteiger partial charge in [-0.15, -0.1) is 0 Å². The molecule has 0 atom stereocenters. The summed E-state index contributed by atoms with van der Waals surface area (Å²) in [6.45, 7) is 4.13. The normalized spacial score (nSPS) is 10.4. The van der Waals surface area contributed by atoms with E-state index in [-0.39, 0.29) is 29.7 Å². The molecule has 18 heavy (non-hydrogen) atoms. The number of hydrogen-bond acceptors (Lipinski definition) is 4. The number of nitrogens with two attached hydrogens (primary N) is 1. The number of primary amides is 1. The highest BCUT2D eigenvalue weighted by Gasteiger charge is 2.19. The molecule has 1 aromatic heterocycles. The molecule has 1 rings (SSSR count). The van der Waals surface area contributed by atoms with Gasteiger partial charge in [-0.05, 0) is 12.0 Å². The monoisotopic (exact) mass is 251 g/mol. The summed E-state index contributed by atoms with van der Waals surface area (Å²) in [5, 5.41) is 9.28. The van der Waals surface area contributed by atoms with Gasteiger partial charge >= 0.3 is 0 Å². The van der Waals surface area contributed by atoms with Crippen LogP contribution in [0.3, 0.4) is 0 Å². The average molecular weight is 251 g/mol. The first-order chi connectivity index (χ1) is 8.40. The van der Waals surface area contributed by atoms with Crippen LogP contribution in [0.5, 0.6) is 5.75 Å². The first-order valence-electron chi connectivity index (χ1n) is 5.61. The standard InChI is InChI=1S/C12H17N3O3/c1-8(2)6-15(7-11(13)17)12(18)9-3-10(16)5-14-4-9/h3-5,8,16H,6-7H2,1-2H3,(H2,13,17). The Bertz CT molecular complexity index is 446. The Kier molecular flexibility index (Phi) is 4.65. The second-order valence-corrected chi connectivity index (χ2v) is 4.48. The van der Waals surface area contributed by atoms with Gasteiger partial charge in [0, 0.05) is 12.7 Å². The van der Waals surface area contributed by atoms with Crippen LogP contribution in [0.4, 0.5) is 0 Å². The zero-order chi connectivity index (χ0) is 13.7. The summed E-state index contributed by atoms with van der Waals surface area (Å²) >= 11 is 0. The number of aromatic nitrogens is 1. The number of amides is 2. The van der Waals surface area contributed by atoms with E-state index in [9.17, 15) is 14.7 Å². The maximum Gasteiger partial charge on any atom is 0.256 e. The minimum atomic E-state index is -0.572. The second kappa shape index (κ2) is 6.00. The Hall–Kier alpha value is -2.11. The summed E-state index contributed by atoms with van der Waals surface area (Å²) in [7, 11) is 0. The van der Waals surface area contributed by atoms with E-state index in [0.717, 1.165) is 0 Å². The molecular weight excluding hydrogens is 234 g/mol. The molecule has 0 saturated heterocycles. The summed E-state index contributed by atoms with van der Waals surface area (Å²) in [5.41, 5.74) is 5.35. The molecule has 0 aliphatic rings. The van der Waals surface area contributed by atoms with Crippen LogP contribution in [-0.4, -0.2) is 39.9 Å². The Labute approximate surface area is 105 Å². The smallest absolute Gasteiger partial charge is 0.256 e. The SMILES string of the molecule is CC(C)CN(CC(N)=O)C(=O)c1cncc(O)c1. The van der Waals surface area contributed by atoms with Crippen molar-refractivity contribution in [1.29, 1.82) is 0 Å². The molecular formula is C12H17N3O3. The van der Waals surface area contributed by atoms with Crippen molar-refractivity contribution in [1.82, 2.24) is 9.88 Å². The predicted octanol–water partition coefficient (Wildman–Crippen LogP) is 0.371. The molecule has 0 saturated carbocycles. The van der Waals surface area contributed by atoms with Gasteiger partial charge in [0.2, 0.25) is 5.91 Å². The van der Waals surface area contributed by atoms with Crippen molar-refractivity contribution in [2.24, 2.45) is 11.7 Å². The van der Waals surface area contributed by atoms with Gasteiger partial charge in [0.05, 0.1) is 18.3 Å². The molecule has 0 bridgehead atoms. The summed E-state index contributed by atoms with van der Waals surface area (Å²) in [6, 6.07) is 1.31. The topological polar surface area (TPSA) is 96.5 Å². The first kappa shape index (κ1) is 14.0. The molecule has 0 radical (unpaired) electrons. The van der Waals surface area contributed by atoms with Crippen molar-refractivity contribution in [3.8, 4) is 5.75 Å². The fraction of sp³-hybridized carbons (Fsp3) is 0.417. The van der Waals surface area contributed by atoms with Gasteiger partial charge in [-0.1, -0.05) is 13.8 Å². The molecule has 98 valence electrons. The molecule has 6 heteroatoms. The summed E-state index contributed by atoms with van der Waals surface area (Å²) in [4.78, 5) is 28.2. The van der Waals surface area contributed by atoms with E-state index in [1.165, 1.54) is 23.4 Å². The second-order valence-electron chi connectivity index (χ2n) is 4.48. The van der Waals surface area contributed by atoms with Crippen LogP contribution in [0.15, 0.2) is 18.5 Å². The number of rotatable bonds is 5. The summed E-state index contributed by atoms with van der Waals surface area (Å²) in [5.74, 6) is -0.828. The van der Waals surface area contributed by atoms with Crippen molar-refractivity contribution < 1.29 is 14.7 Å². The number of nitrogens with zero attached hydrogens (tertiary/aromatic N) is 2. The Balaban J connectivity index is 2.90. The van der Waals surface area contributed by atoms with Crippen molar-refractivity contribution in [2.45, 2.75) is 13.8 Å². The molecule has 0 aliphatic heterocycles. The molecule has 0 spiro atoms. The van der Waals surface area contributed by atoms with Crippen molar-refractivity contribution in [3.05, 3.63) is 24.0 Å². The van der Waals surface area contributed by atoms with Crippen LogP contribution in [0.2, 0.25) is 0 Å². The van der Waals surface area contributed by atoms with Gasteiger partial charge < -0.3 is 15.7 Å². The number of carbonyl (C=O) groups is 2. The zero-order valence-electron chi connectivity index (χ0n) is 10.5. The van der Waals surface area contributed by atoms with Gasteiger partial charge in [-0.3, -0.25) is 14.6 Å². The lowest BCUT2D eigenvalue weighted by molar-refractivity contribution is -0.118. The van der Waals surface area contributed by atoms with E-state index in [1.807, 2.05) is 13.8 Å². The lowest BCUT2D eigenvalue weighted by Crippen LogP contribution is -2.40. The number of hydrogen-bond donors (Lipinski definition) is 2. The molecule has 0 aromatic carbocycles. The first-order valence-corrected chi connectivity index (χ1v) is 5.61. The predicted molar refractivity (Wildman–Crippen MR) is 65.8 cm³/mol. The van der Waals surface area contributed by atoms with Gasteiger partial charge in [0.15, 0.2) is 0 Å². The van der Waals surface area contributed by atoms with E-state index >= 15 is 0 Å². The lowest BCUT2D eigenvalue weighted by atomic mass is 10.1. The number of aromatic hydroxyl groups is 1. The zero-order valence-corrected chi connectivity index (χ0v) is 10.5.